The minimum Gasteiger partial charge on any atom is -0.310 e. The maximum atomic E-state index is 11.6. The fourth-order valence-corrected chi connectivity index (χ4v) is 1.40. The molecular weight excluding hydrogens is 198 g/mol. The average molecular weight is 212 g/mol. The molecule has 0 amide bonds. The van der Waals surface area contributed by atoms with E-state index in [4.69, 9.17) is 11.6 Å². The average Bonchev–Trinajstić information content (AvgIpc) is 2.18. The van der Waals surface area contributed by atoms with E-state index in [9.17, 15) is 4.79 Å². The highest BCUT2D eigenvalue weighted by atomic mass is 35.5. The van der Waals surface area contributed by atoms with Crippen molar-refractivity contribution >= 4 is 17.4 Å². The van der Waals surface area contributed by atoms with Crippen LogP contribution < -0.4 is 5.32 Å². The zero-order valence-electron chi connectivity index (χ0n) is 8.22. The Bertz CT molecular complexity index is 312. The van der Waals surface area contributed by atoms with Crippen LogP contribution in [0.25, 0.3) is 0 Å². The summed E-state index contributed by atoms with van der Waals surface area (Å²) < 4.78 is 0. The highest BCUT2D eigenvalue weighted by Gasteiger charge is 2.07. The maximum Gasteiger partial charge on any atom is 0.178 e. The van der Waals surface area contributed by atoms with E-state index < -0.39 is 0 Å². The van der Waals surface area contributed by atoms with Gasteiger partial charge in [0, 0.05) is 5.56 Å². The monoisotopic (exact) mass is 211 g/mol. The molecule has 0 bridgehead atoms. The molecule has 14 heavy (non-hydrogen) atoms. The van der Waals surface area contributed by atoms with Crippen LogP contribution >= 0.6 is 11.6 Å². The lowest BCUT2D eigenvalue weighted by atomic mass is 10.1. The first-order valence-corrected chi connectivity index (χ1v) is 5.12. The van der Waals surface area contributed by atoms with Crippen molar-refractivity contribution < 1.29 is 4.79 Å². The smallest absolute Gasteiger partial charge is 0.178 e. The maximum absolute atomic E-state index is 11.6. The Balaban J connectivity index is 2.56. The lowest BCUT2D eigenvalue weighted by Crippen LogP contribution is -2.23. The number of hydrogen-bond donors (Lipinski definition) is 1. The van der Waals surface area contributed by atoms with Gasteiger partial charge in [0.15, 0.2) is 5.78 Å². The summed E-state index contributed by atoms with van der Waals surface area (Å²) in [6, 6.07) is 7.12. The van der Waals surface area contributed by atoms with Crippen LogP contribution in [-0.2, 0) is 0 Å². The molecule has 0 atom stereocenters. The molecule has 0 aliphatic carbocycles. The molecule has 0 aliphatic rings. The van der Waals surface area contributed by atoms with Gasteiger partial charge < -0.3 is 5.32 Å². The quantitative estimate of drug-likeness (QED) is 0.599. The van der Waals surface area contributed by atoms with E-state index in [-0.39, 0.29) is 5.78 Å². The molecule has 0 aromatic heterocycles. The molecule has 0 unspecified atom stereocenters. The van der Waals surface area contributed by atoms with E-state index in [2.05, 4.69) is 12.2 Å². The van der Waals surface area contributed by atoms with Crippen LogP contribution in [0.2, 0.25) is 5.02 Å². The van der Waals surface area contributed by atoms with Gasteiger partial charge in [0.2, 0.25) is 0 Å². The predicted octanol–water partition coefficient (Wildman–Crippen LogP) is 2.52. The van der Waals surface area contributed by atoms with Crippen molar-refractivity contribution in [3.63, 3.8) is 0 Å². The molecule has 1 rings (SSSR count). The van der Waals surface area contributed by atoms with Crippen molar-refractivity contribution in [2.75, 3.05) is 13.1 Å². The number of rotatable bonds is 5. The third-order valence-electron chi connectivity index (χ3n) is 1.89. The van der Waals surface area contributed by atoms with Crippen molar-refractivity contribution in [2.45, 2.75) is 13.3 Å². The van der Waals surface area contributed by atoms with Gasteiger partial charge in [-0.15, -0.1) is 0 Å². The molecule has 2 nitrogen and oxygen atoms in total. The van der Waals surface area contributed by atoms with Crippen LogP contribution in [0.1, 0.15) is 23.7 Å². The number of halogens is 1. The van der Waals surface area contributed by atoms with Gasteiger partial charge in [0.05, 0.1) is 11.6 Å². The second kappa shape index (κ2) is 5.78. The Labute approximate surface area is 89.3 Å². The number of ketones is 1. The summed E-state index contributed by atoms with van der Waals surface area (Å²) in [6.45, 7) is 3.28. The molecule has 0 heterocycles. The van der Waals surface area contributed by atoms with Crippen molar-refractivity contribution in [3.8, 4) is 0 Å². The summed E-state index contributed by atoms with van der Waals surface area (Å²) in [6.07, 6.45) is 1.02. The van der Waals surface area contributed by atoms with E-state index in [0.717, 1.165) is 13.0 Å². The van der Waals surface area contributed by atoms with Crippen LogP contribution in [0.15, 0.2) is 24.3 Å². The lowest BCUT2D eigenvalue weighted by molar-refractivity contribution is 0.0991. The van der Waals surface area contributed by atoms with E-state index in [1.807, 2.05) is 12.1 Å². The highest BCUT2D eigenvalue weighted by molar-refractivity contribution is 6.34. The Kier molecular flexibility index (Phi) is 4.63. The first-order valence-electron chi connectivity index (χ1n) is 4.74. The number of Topliss-reactive ketones (excluding diaryl/α,β-unsaturated/α-hetero) is 1. The fraction of sp³-hybridized carbons (Fsp3) is 0.364. The molecule has 1 aromatic rings. The van der Waals surface area contributed by atoms with E-state index >= 15 is 0 Å². The molecule has 0 spiro atoms. The van der Waals surface area contributed by atoms with Gasteiger partial charge in [-0.2, -0.15) is 0 Å². The largest absolute Gasteiger partial charge is 0.310 e. The molecule has 0 fully saturated rings. The molecule has 1 N–H and O–H groups in total. The predicted molar refractivity (Wildman–Crippen MR) is 58.9 cm³/mol. The van der Waals surface area contributed by atoms with E-state index in [0.29, 0.717) is 17.1 Å². The van der Waals surface area contributed by atoms with Crippen molar-refractivity contribution in [1.82, 2.24) is 5.32 Å². The number of benzene rings is 1. The molecule has 0 radical (unpaired) electrons. The molecule has 3 heteroatoms. The van der Waals surface area contributed by atoms with Crippen LogP contribution in [0.3, 0.4) is 0 Å². The van der Waals surface area contributed by atoms with Gasteiger partial charge in [0.25, 0.3) is 0 Å². The Morgan fingerprint density at radius 3 is 2.79 bits per heavy atom. The Morgan fingerprint density at radius 1 is 1.43 bits per heavy atom. The highest BCUT2D eigenvalue weighted by Crippen LogP contribution is 2.14. The standard InChI is InChI=1S/C11H14ClNO/c1-2-7-13-8-11(14)9-5-3-4-6-10(9)12/h3-6,13H,2,7-8H2,1H3. The van der Waals surface area contributed by atoms with Gasteiger partial charge in [-0.1, -0.05) is 30.7 Å². The molecule has 0 saturated heterocycles. The first kappa shape index (κ1) is 11.2. The number of hydrogen-bond acceptors (Lipinski definition) is 2. The Morgan fingerprint density at radius 2 is 2.14 bits per heavy atom. The summed E-state index contributed by atoms with van der Waals surface area (Å²) in [7, 11) is 0. The summed E-state index contributed by atoms with van der Waals surface area (Å²) in [5, 5.41) is 3.58. The normalized spacial score (nSPS) is 10.1. The molecule has 0 saturated carbocycles. The van der Waals surface area contributed by atoms with Crippen molar-refractivity contribution in [3.05, 3.63) is 34.9 Å². The van der Waals surface area contributed by atoms with Gasteiger partial charge in [-0.05, 0) is 25.1 Å². The minimum atomic E-state index is 0.0454. The molecule has 0 aliphatic heterocycles. The number of carbonyl (C=O) groups is 1. The summed E-state index contributed by atoms with van der Waals surface area (Å²) in [5.74, 6) is 0.0454. The second-order valence-electron chi connectivity index (χ2n) is 3.08. The fourth-order valence-electron chi connectivity index (χ4n) is 1.16. The summed E-state index contributed by atoms with van der Waals surface area (Å²) in [4.78, 5) is 11.6. The zero-order chi connectivity index (χ0) is 10.4. The van der Waals surface area contributed by atoms with Gasteiger partial charge in [0.1, 0.15) is 0 Å². The van der Waals surface area contributed by atoms with E-state index in [1.54, 1.807) is 12.1 Å². The van der Waals surface area contributed by atoms with Crippen LogP contribution in [-0.4, -0.2) is 18.9 Å². The van der Waals surface area contributed by atoms with Crippen molar-refractivity contribution in [2.24, 2.45) is 0 Å². The summed E-state index contributed by atoms with van der Waals surface area (Å²) >= 11 is 5.88. The Hall–Kier alpha value is -0.860. The lowest BCUT2D eigenvalue weighted by Gasteiger charge is -2.03. The van der Waals surface area contributed by atoms with Gasteiger partial charge in [-0.3, -0.25) is 4.79 Å². The van der Waals surface area contributed by atoms with Crippen LogP contribution in [0, 0.1) is 0 Å². The number of nitrogens with one attached hydrogen (secondary N) is 1. The zero-order valence-corrected chi connectivity index (χ0v) is 8.97. The van der Waals surface area contributed by atoms with Crippen LogP contribution in [0.5, 0.6) is 0 Å². The van der Waals surface area contributed by atoms with Crippen molar-refractivity contribution in [1.29, 1.82) is 0 Å². The molecule has 76 valence electrons. The van der Waals surface area contributed by atoms with Crippen LogP contribution in [0.4, 0.5) is 0 Å². The topological polar surface area (TPSA) is 29.1 Å². The SMILES string of the molecule is CCCNCC(=O)c1ccccc1Cl. The summed E-state index contributed by atoms with van der Waals surface area (Å²) in [5.41, 5.74) is 0.595. The first-order chi connectivity index (χ1) is 6.75. The second-order valence-corrected chi connectivity index (χ2v) is 3.49. The minimum absolute atomic E-state index is 0.0454. The number of carbonyl (C=O) groups excluding carboxylic acids is 1. The van der Waals surface area contributed by atoms with Gasteiger partial charge >= 0.3 is 0 Å². The molecular formula is C11H14ClNO. The van der Waals surface area contributed by atoms with Gasteiger partial charge in [-0.25, -0.2) is 0 Å². The third kappa shape index (κ3) is 3.13. The van der Waals surface area contributed by atoms with E-state index in [1.165, 1.54) is 0 Å². The molecule has 1 aromatic carbocycles. The third-order valence-corrected chi connectivity index (χ3v) is 2.22.